The number of likely N-dealkylation sites (N-methyl/N-ethyl adjacent to an activating group) is 1. The number of fused-ring (bicyclic) bond motifs is 1. The minimum absolute atomic E-state index is 0.160. The van der Waals surface area contributed by atoms with Gasteiger partial charge in [-0.1, -0.05) is 24.3 Å². The highest BCUT2D eigenvalue weighted by molar-refractivity contribution is 7.89. The van der Waals surface area contributed by atoms with E-state index in [0.717, 1.165) is 24.0 Å². The van der Waals surface area contributed by atoms with Gasteiger partial charge in [0.25, 0.3) is 5.91 Å². The molecule has 1 saturated heterocycles. The first-order valence-corrected chi connectivity index (χ1v) is 12.9. The summed E-state index contributed by atoms with van der Waals surface area (Å²) in [5, 5.41) is 3.07. The monoisotopic (exact) mass is 455 g/mol. The third-order valence-electron chi connectivity index (χ3n) is 6.77. The molecule has 2 aromatic carbocycles. The lowest BCUT2D eigenvalue weighted by atomic mass is 9.89. The Morgan fingerprint density at radius 2 is 1.66 bits per heavy atom. The Kier molecular flexibility index (Phi) is 6.70. The standard InChI is InChI=1S/C25H33N3O3S/c1-18-8-11-23(32(30,31)28-14-12-27(3)13-15-28)17-24(18)25(29)26-19(2)21-10-9-20-6-4-5-7-22(20)16-21/h8-11,16-17,19H,4-7,12-15H2,1-3H3,(H,26,29). The van der Waals surface area contributed by atoms with Crippen molar-refractivity contribution in [1.82, 2.24) is 14.5 Å². The highest BCUT2D eigenvalue weighted by atomic mass is 32.2. The Hall–Kier alpha value is -2.22. The first-order valence-electron chi connectivity index (χ1n) is 11.5. The number of rotatable bonds is 5. The number of nitrogens with zero attached hydrogens (tertiary/aromatic N) is 2. The largest absolute Gasteiger partial charge is 0.346 e. The van der Waals surface area contributed by atoms with E-state index in [0.29, 0.717) is 31.7 Å². The van der Waals surface area contributed by atoms with E-state index in [2.05, 4.69) is 28.4 Å². The molecule has 2 aromatic rings. The molecule has 1 aliphatic heterocycles. The second kappa shape index (κ2) is 9.33. The number of nitrogens with one attached hydrogen (secondary N) is 1. The first kappa shape index (κ1) is 23.0. The summed E-state index contributed by atoms with van der Waals surface area (Å²) in [5.74, 6) is -0.247. The molecule has 1 amide bonds. The molecule has 0 aromatic heterocycles. The minimum atomic E-state index is -3.62. The molecule has 1 heterocycles. The Balaban J connectivity index is 1.52. The lowest BCUT2D eigenvalue weighted by molar-refractivity contribution is 0.0939. The van der Waals surface area contributed by atoms with Gasteiger partial charge in [-0.25, -0.2) is 8.42 Å². The lowest BCUT2D eigenvalue weighted by Crippen LogP contribution is -2.47. The summed E-state index contributed by atoms with van der Waals surface area (Å²) < 4.78 is 27.8. The van der Waals surface area contributed by atoms with E-state index in [-0.39, 0.29) is 16.8 Å². The Morgan fingerprint density at radius 1 is 0.969 bits per heavy atom. The number of carbonyl (C=O) groups is 1. The Labute approximate surface area is 191 Å². The highest BCUT2D eigenvalue weighted by Gasteiger charge is 2.28. The molecule has 7 heteroatoms. The molecule has 0 spiro atoms. The lowest BCUT2D eigenvalue weighted by Gasteiger charge is -2.31. The molecule has 6 nitrogen and oxygen atoms in total. The van der Waals surface area contributed by atoms with Crippen molar-refractivity contribution in [1.29, 1.82) is 0 Å². The molecule has 0 saturated carbocycles. The van der Waals surface area contributed by atoms with Crippen LogP contribution in [-0.4, -0.2) is 56.8 Å². The van der Waals surface area contributed by atoms with Gasteiger partial charge in [0.2, 0.25) is 10.0 Å². The van der Waals surface area contributed by atoms with Gasteiger partial charge in [-0.05, 0) is 81.0 Å². The SMILES string of the molecule is Cc1ccc(S(=O)(=O)N2CCN(C)CC2)cc1C(=O)NC(C)c1ccc2c(c1)CCCC2. The van der Waals surface area contributed by atoms with E-state index in [4.69, 9.17) is 0 Å². The first-order chi connectivity index (χ1) is 15.3. The van der Waals surface area contributed by atoms with Crippen molar-refractivity contribution in [3.63, 3.8) is 0 Å². The number of piperazine rings is 1. The van der Waals surface area contributed by atoms with Gasteiger partial charge < -0.3 is 10.2 Å². The van der Waals surface area contributed by atoms with Crippen molar-refractivity contribution >= 4 is 15.9 Å². The van der Waals surface area contributed by atoms with Gasteiger partial charge in [0.05, 0.1) is 10.9 Å². The highest BCUT2D eigenvalue weighted by Crippen LogP contribution is 2.26. The summed E-state index contributed by atoms with van der Waals surface area (Å²) >= 11 is 0. The van der Waals surface area contributed by atoms with E-state index >= 15 is 0 Å². The molecule has 0 bridgehead atoms. The fraction of sp³-hybridized carbons (Fsp3) is 0.480. The van der Waals surface area contributed by atoms with Crippen molar-refractivity contribution in [2.45, 2.75) is 50.5 Å². The zero-order chi connectivity index (χ0) is 22.9. The van der Waals surface area contributed by atoms with Crippen LogP contribution in [0.25, 0.3) is 0 Å². The molecule has 0 radical (unpaired) electrons. The maximum atomic E-state index is 13.1. The number of aryl methyl sites for hydroxylation is 3. The van der Waals surface area contributed by atoms with Crippen molar-refractivity contribution in [2.24, 2.45) is 0 Å². The molecule has 172 valence electrons. The molecular weight excluding hydrogens is 422 g/mol. The average Bonchev–Trinajstić information content (AvgIpc) is 2.79. The van der Waals surface area contributed by atoms with Crippen LogP contribution in [0.3, 0.4) is 0 Å². The normalized spacial score (nSPS) is 18.7. The predicted molar refractivity (Wildman–Crippen MR) is 126 cm³/mol. The van der Waals surface area contributed by atoms with Gasteiger partial charge in [-0.3, -0.25) is 4.79 Å². The number of benzene rings is 2. The van der Waals surface area contributed by atoms with Crippen LogP contribution in [0, 0.1) is 6.92 Å². The van der Waals surface area contributed by atoms with Gasteiger partial charge in [0.15, 0.2) is 0 Å². The van der Waals surface area contributed by atoms with E-state index in [9.17, 15) is 13.2 Å². The van der Waals surface area contributed by atoms with Crippen LogP contribution < -0.4 is 5.32 Å². The summed E-state index contributed by atoms with van der Waals surface area (Å²) in [6.45, 7) is 6.15. The molecule has 1 atom stereocenters. The molecular formula is C25H33N3O3S. The summed E-state index contributed by atoms with van der Waals surface area (Å²) in [7, 11) is -1.63. The van der Waals surface area contributed by atoms with Crippen molar-refractivity contribution < 1.29 is 13.2 Å². The molecule has 1 unspecified atom stereocenters. The zero-order valence-electron chi connectivity index (χ0n) is 19.2. The maximum Gasteiger partial charge on any atom is 0.252 e. The Bertz CT molecular complexity index is 1110. The maximum absolute atomic E-state index is 13.1. The van der Waals surface area contributed by atoms with Crippen LogP contribution in [0.4, 0.5) is 0 Å². The van der Waals surface area contributed by atoms with Gasteiger partial charge in [0, 0.05) is 31.7 Å². The van der Waals surface area contributed by atoms with Crippen molar-refractivity contribution in [2.75, 3.05) is 33.2 Å². The van der Waals surface area contributed by atoms with Gasteiger partial charge in [-0.2, -0.15) is 4.31 Å². The molecule has 1 N–H and O–H groups in total. The van der Waals surface area contributed by atoms with Crippen LogP contribution in [0.15, 0.2) is 41.3 Å². The average molecular weight is 456 g/mol. The number of hydrogen-bond acceptors (Lipinski definition) is 4. The second-order valence-electron chi connectivity index (χ2n) is 9.11. The van der Waals surface area contributed by atoms with Crippen LogP contribution in [0.5, 0.6) is 0 Å². The Morgan fingerprint density at radius 3 is 2.38 bits per heavy atom. The van der Waals surface area contributed by atoms with Crippen molar-refractivity contribution in [3.05, 3.63) is 64.2 Å². The van der Waals surface area contributed by atoms with Gasteiger partial charge in [0.1, 0.15) is 0 Å². The smallest absolute Gasteiger partial charge is 0.252 e. The van der Waals surface area contributed by atoms with Crippen LogP contribution in [-0.2, 0) is 22.9 Å². The number of amides is 1. The summed E-state index contributed by atoms with van der Waals surface area (Å²) in [6.07, 6.45) is 4.68. The summed E-state index contributed by atoms with van der Waals surface area (Å²) in [5.41, 5.74) is 5.04. The third kappa shape index (κ3) is 4.75. The third-order valence-corrected chi connectivity index (χ3v) is 8.67. The quantitative estimate of drug-likeness (QED) is 0.751. The van der Waals surface area contributed by atoms with E-state index in [1.54, 1.807) is 12.1 Å². The fourth-order valence-electron chi connectivity index (χ4n) is 4.56. The molecule has 2 aliphatic rings. The summed E-state index contributed by atoms with van der Waals surface area (Å²) in [6, 6.07) is 11.2. The number of hydrogen-bond donors (Lipinski definition) is 1. The van der Waals surface area contributed by atoms with E-state index in [1.807, 2.05) is 20.9 Å². The predicted octanol–water partition coefficient (Wildman–Crippen LogP) is 3.30. The minimum Gasteiger partial charge on any atom is -0.346 e. The van der Waals surface area contributed by atoms with Crippen LogP contribution in [0.1, 0.15) is 58.4 Å². The molecule has 32 heavy (non-hydrogen) atoms. The van der Waals surface area contributed by atoms with E-state index in [1.165, 1.54) is 34.3 Å². The van der Waals surface area contributed by atoms with Crippen LogP contribution >= 0.6 is 0 Å². The number of sulfonamides is 1. The number of carbonyl (C=O) groups excluding carboxylic acids is 1. The molecule has 1 fully saturated rings. The fourth-order valence-corrected chi connectivity index (χ4v) is 6.01. The molecule has 4 rings (SSSR count). The van der Waals surface area contributed by atoms with Crippen molar-refractivity contribution in [3.8, 4) is 0 Å². The zero-order valence-corrected chi connectivity index (χ0v) is 20.0. The topological polar surface area (TPSA) is 69.7 Å². The van der Waals surface area contributed by atoms with Gasteiger partial charge in [-0.15, -0.1) is 0 Å². The summed E-state index contributed by atoms with van der Waals surface area (Å²) in [4.78, 5) is 15.4. The van der Waals surface area contributed by atoms with Crippen LogP contribution in [0.2, 0.25) is 0 Å². The van der Waals surface area contributed by atoms with E-state index < -0.39 is 10.0 Å². The molecule has 1 aliphatic carbocycles. The van der Waals surface area contributed by atoms with Gasteiger partial charge >= 0.3 is 0 Å². The second-order valence-corrected chi connectivity index (χ2v) is 11.1.